The van der Waals surface area contributed by atoms with Crippen LogP contribution in [-0.4, -0.2) is 62.8 Å². The Kier molecular flexibility index (Phi) is 4.34. The van der Waals surface area contributed by atoms with E-state index < -0.39 is 0 Å². The summed E-state index contributed by atoms with van der Waals surface area (Å²) in [4.78, 5) is 44.8. The van der Waals surface area contributed by atoms with Gasteiger partial charge in [0.2, 0.25) is 11.8 Å². The third-order valence-corrected chi connectivity index (χ3v) is 5.69. The summed E-state index contributed by atoms with van der Waals surface area (Å²) in [6.07, 6.45) is 4.02. The molecule has 9 nitrogen and oxygen atoms in total. The van der Waals surface area contributed by atoms with Gasteiger partial charge in [0.15, 0.2) is 11.5 Å². The van der Waals surface area contributed by atoms with Crippen molar-refractivity contribution in [2.45, 2.75) is 18.8 Å². The van der Waals surface area contributed by atoms with E-state index in [-0.39, 0.29) is 17.7 Å². The highest BCUT2D eigenvalue weighted by atomic mass is 16.2. The third kappa shape index (κ3) is 3.18. The minimum atomic E-state index is -0.244. The number of imidazole rings is 1. The van der Waals surface area contributed by atoms with Crippen molar-refractivity contribution in [1.29, 1.82) is 0 Å². The molecule has 29 heavy (non-hydrogen) atoms. The van der Waals surface area contributed by atoms with Crippen LogP contribution in [0.15, 0.2) is 36.9 Å². The number of hydrogen-bond donors (Lipinski definition) is 2. The standard InChI is InChI=1S/C20H21N7O2/c28-16(6-5-14-13-3-1-2-4-15(13)25-20(14)29)26-7-9-27(10-8-26)19-17-18(22-11-21-17)23-12-24-19/h1-4,11-12,14H,5-10H2,(H,25,29)(H,21,22,23,24)/t14-/m0/s1. The molecule has 2 aromatic heterocycles. The molecule has 2 aliphatic rings. The molecule has 0 unspecified atom stereocenters. The van der Waals surface area contributed by atoms with E-state index in [0.717, 1.165) is 22.6 Å². The molecule has 3 aromatic rings. The summed E-state index contributed by atoms with van der Waals surface area (Å²) in [7, 11) is 0. The Labute approximate surface area is 167 Å². The number of amides is 2. The topological polar surface area (TPSA) is 107 Å². The van der Waals surface area contributed by atoms with Crippen LogP contribution in [0.5, 0.6) is 0 Å². The van der Waals surface area contributed by atoms with Crippen LogP contribution < -0.4 is 10.2 Å². The van der Waals surface area contributed by atoms with Crippen LogP contribution in [0.25, 0.3) is 11.2 Å². The number of carbonyl (C=O) groups is 2. The molecular weight excluding hydrogens is 370 g/mol. The molecule has 2 amide bonds. The zero-order chi connectivity index (χ0) is 19.8. The zero-order valence-electron chi connectivity index (χ0n) is 15.8. The fraction of sp³-hybridized carbons (Fsp3) is 0.350. The molecule has 0 aliphatic carbocycles. The van der Waals surface area contributed by atoms with Gasteiger partial charge in [0.05, 0.1) is 12.2 Å². The lowest BCUT2D eigenvalue weighted by Gasteiger charge is -2.35. The zero-order valence-corrected chi connectivity index (χ0v) is 15.8. The molecule has 1 fully saturated rings. The van der Waals surface area contributed by atoms with Crippen LogP contribution in [-0.2, 0) is 9.59 Å². The first-order valence-electron chi connectivity index (χ1n) is 9.77. The molecule has 1 atom stereocenters. The Morgan fingerprint density at radius 3 is 2.79 bits per heavy atom. The summed E-state index contributed by atoms with van der Waals surface area (Å²) in [5.41, 5.74) is 3.31. The van der Waals surface area contributed by atoms with Crippen LogP contribution >= 0.6 is 0 Å². The smallest absolute Gasteiger partial charge is 0.232 e. The second kappa shape index (κ2) is 7.16. The van der Waals surface area contributed by atoms with Gasteiger partial charge in [0, 0.05) is 38.3 Å². The number of benzene rings is 1. The molecule has 4 heterocycles. The molecule has 1 saturated heterocycles. The summed E-state index contributed by atoms with van der Waals surface area (Å²) in [5.74, 6) is 0.650. The fourth-order valence-electron chi connectivity index (χ4n) is 4.15. The minimum absolute atomic E-state index is 0.0174. The monoisotopic (exact) mass is 391 g/mol. The van der Waals surface area contributed by atoms with Crippen molar-refractivity contribution in [1.82, 2.24) is 24.8 Å². The van der Waals surface area contributed by atoms with Gasteiger partial charge < -0.3 is 20.1 Å². The normalized spacial score (nSPS) is 18.8. The van der Waals surface area contributed by atoms with Crippen molar-refractivity contribution in [2.24, 2.45) is 0 Å². The Balaban J connectivity index is 1.19. The first kappa shape index (κ1) is 17.6. The Morgan fingerprint density at radius 1 is 1.10 bits per heavy atom. The van der Waals surface area contributed by atoms with E-state index in [1.807, 2.05) is 29.2 Å². The Bertz CT molecular complexity index is 1070. The molecule has 9 heteroatoms. The van der Waals surface area contributed by atoms with Gasteiger partial charge in [-0.25, -0.2) is 15.0 Å². The highest BCUT2D eigenvalue weighted by Crippen LogP contribution is 2.35. The predicted octanol–water partition coefficient (Wildman–Crippen LogP) is 1.52. The van der Waals surface area contributed by atoms with Gasteiger partial charge in [-0.3, -0.25) is 9.59 Å². The van der Waals surface area contributed by atoms with Gasteiger partial charge in [0.25, 0.3) is 0 Å². The van der Waals surface area contributed by atoms with Crippen molar-refractivity contribution in [3.8, 4) is 0 Å². The summed E-state index contributed by atoms with van der Waals surface area (Å²) < 4.78 is 0. The summed E-state index contributed by atoms with van der Waals surface area (Å²) >= 11 is 0. The van der Waals surface area contributed by atoms with Crippen LogP contribution in [0.2, 0.25) is 0 Å². The van der Waals surface area contributed by atoms with Crippen LogP contribution in [0, 0.1) is 0 Å². The van der Waals surface area contributed by atoms with Crippen LogP contribution in [0.3, 0.4) is 0 Å². The molecule has 2 aliphatic heterocycles. The number of carbonyl (C=O) groups excluding carboxylic acids is 2. The fourth-order valence-corrected chi connectivity index (χ4v) is 4.15. The lowest BCUT2D eigenvalue weighted by molar-refractivity contribution is -0.131. The Morgan fingerprint density at radius 2 is 1.93 bits per heavy atom. The molecule has 1 aromatic carbocycles. The number of anilines is 2. The molecule has 0 bridgehead atoms. The summed E-state index contributed by atoms with van der Waals surface area (Å²) in [6.45, 7) is 2.66. The predicted molar refractivity (Wildman–Crippen MR) is 108 cm³/mol. The van der Waals surface area contributed by atoms with E-state index in [9.17, 15) is 9.59 Å². The molecule has 2 N–H and O–H groups in total. The number of fused-ring (bicyclic) bond motifs is 2. The van der Waals surface area contributed by atoms with Gasteiger partial charge >= 0.3 is 0 Å². The first-order chi connectivity index (χ1) is 14.2. The number of piperazine rings is 1. The first-order valence-corrected chi connectivity index (χ1v) is 9.77. The van der Waals surface area contributed by atoms with Gasteiger partial charge in [-0.1, -0.05) is 18.2 Å². The minimum Gasteiger partial charge on any atom is -0.351 e. The van der Waals surface area contributed by atoms with Gasteiger partial charge in [-0.15, -0.1) is 0 Å². The lowest BCUT2D eigenvalue weighted by atomic mass is 9.95. The molecular formula is C20H21N7O2. The van der Waals surface area contributed by atoms with E-state index in [1.165, 1.54) is 6.33 Å². The number of aromatic nitrogens is 4. The maximum atomic E-state index is 12.7. The third-order valence-electron chi connectivity index (χ3n) is 5.69. The summed E-state index contributed by atoms with van der Waals surface area (Å²) in [5, 5.41) is 2.90. The van der Waals surface area contributed by atoms with Crippen LogP contribution in [0.1, 0.15) is 24.3 Å². The number of H-pyrrole nitrogens is 1. The van der Waals surface area contributed by atoms with Crippen molar-refractivity contribution in [3.63, 3.8) is 0 Å². The highest BCUT2D eigenvalue weighted by molar-refractivity contribution is 6.03. The number of para-hydroxylation sites is 1. The van der Waals surface area contributed by atoms with Crippen molar-refractivity contribution in [3.05, 3.63) is 42.5 Å². The molecule has 0 radical (unpaired) electrons. The highest BCUT2D eigenvalue weighted by Gasteiger charge is 2.31. The van der Waals surface area contributed by atoms with Gasteiger partial charge in [-0.2, -0.15) is 0 Å². The maximum absolute atomic E-state index is 12.7. The quantitative estimate of drug-likeness (QED) is 0.698. The van der Waals surface area contributed by atoms with Crippen molar-refractivity contribution >= 4 is 34.5 Å². The van der Waals surface area contributed by atoms with Gasteiger partial charge in [0.1, 0.15) is 11.8 Å². The SMILES string of the molecule is O=C1Nc2ccccc2[C@@H]1CCC(=O)N1CCN(c2ncnc3nc[nH]c23)CC1. The Hall–Kier alpha value is -3.49. The second-order valence-corrected chi connectivity index (χ2v) is 7.33. The van der Waals surface area contributed by atoms with E-state index in [4.69, 9.17) is 0 Å². The lowest BCUT2D eigenvalue weighted by Crippen LogP contribution is -2.49. The number of rotatable bonds is 4. The van der Waals surface area contributed by atoms with E-state index in [0.29, 0.717) is 44.7 Å². The van der Waals surface area contributed by atoms with Crippen molar-refractivity contribution < 1.29 is 9.59 Å². The van der Waals surface area contributed by atoms with Crippen molar-refractivity contribution in [2.75, 3.05) is 36.4 Å². The average molecular weight is 391 g/mol. The largest absolute Gasteiger partial charge is 0.351 e. The van der Waals surface area contributed by atoms with Crippen LogP contribution in [0.4, 0.5) is 11.5 Å². The number of aromatic amines is 1. The maximum Gasteiger partial charge on any atom is 0.232 e. The molecule has 0 saturated carbocycles. The number of nitrogens with one attached hydrogen (secondary N) is 2. The molecule has 0 spiro atoms. The summed E-state index contributed by atoms with van der Waals surface area (Å²) in [6, 6.07) is 7.69. The van der Waals surface area contributed by atoms with E-state index in [2.05, 4.69) is 30.2 Å². The number of nitrogens with zero attached hydrogens (tertiary/aromatic N) is 5. The van der Waals surface area contributed by atoms with E-state index >= 15 is 0 Å². The molecule has 148 valence electrons. The number of hydrogen-bond acceptors (Lipinski definition) is 6. The van der Waals surface area contributed by atoms with E-state index in [1.54, 1.807) is 6.33 Å². The second-order valence-electron chi connectivity index (χ2n) is 7.33. The average Bonchev–Trinajstić information content (AvgIpc) is 3.35. The van der Waals surface area contributed by atoms with Gasteiger partial charge in [-0.05, 0) is 18.1 Å². The molecule has 5 rings (SSSR count).